The van der Waals surface area contributed by atoms with Crippen LogP contribution in [0.4, 0.5) is 17.1 Å². The predicted octanol–water partition coefficient (Wildman–Crippen LogP) is 4.66. The molecule has 1 aliphatic heterocycles. The van der Waals surface area contributed by atoms with Crippen LogP contribution in [0.3, 0.4) is 0 Å². The number of rotatable bonds is 5. The summed E-state index contributed by atoms with van der Waals surface area (Å²) < 4.78 is 0. The van der Waals surface area contributed by atoms with Crippen LogP contribution < -0.4 is 15.5 Å². The summed E-state index contributed by atoms with van der Waals surface area (Å²) in [6, 6.07) is 21.8. The molecule has 0 radical (unpaired) electrons. The zero-order valence-corrected chi connectivity index (χ0v) is 18.1. The SMILES string of the molecule is CC(=O)Nc1ccc(C2=C(Nc3ccccc3)C(=O)N(c3ccc(C)cc3C)C2=O)cc1. The van der Waals surface area contributed by atoms with Gasteiger partial charge in [-0.2, -0.15) is 0 Å². The van der Waals surface area contributed by atoms with E-state index >= 15 is 0 Å². The van der Waals surface area contributed by atoms with Gasteiger partial charge in [-0.15, -0.1) is 0 Å². The Morgan fingerprint density at radius 1 is 0.812 bits per heavy atom. The summed E-state index contributed by atoms with van der Waals surface area (Å²) in [5.74, 6) is -0.990. The van der Waals surface area contributed by atoms with E-state index in [9.17, 15) is 14.4 Å². The van der Waals surface area contributed by atoms with E-state index in [1.807, 2.05) is 56.3 Å². The molecule has 3 amide bonds. The Labute approximate surface area is 186 Å². The minimum atomic E-state index is -0.410. The van der Waals surface area contributed by atoms with Gasteiger partial charge in [0, 0.05) is 18.3 Å². The molecule has 0 aromatic heterocycles. The second kappa shape index (κ2) is 8.51. The lowest BCUT2D eigenvalue weighted by atomic mass is 10.0. The molecule has 32 heavy (non-hydrogen) atoms. The lowest BCUT2D eigenvalue weighted by Gasteiger charge is -2.18. The van der Waals surface area contributed by atoms with E-state index in [1.54, 1.807) is 30.3 Å². The molecule has 0 atom stereocenters. The molecule has 0 fully saturated rings. The Bertz CT molecular complexity index is 1250. The summed E-state index contributed by atoms with van der Waals surface area (Å²) in [7, 11) is 0. The van der Waals surface area contributed by atoms with E-state index in [0.717, 1.165) is 11.1 Å². The second-order valence-electron chi connectivity index (χ2n) is 7.74. The van der Waals surface area contributed by atoms with Gasteiger partial charge >= 0.3 is 0 Å². The van der Waals surface area contributed by atoms with Crippen molar-refractivity contribution in [3.05, 3.63) is 95.2 Å². The molecule has 4 rings (SSSR count). The molecule has 1 heterocycles. The third-order valence-electron chi connectivity index (χ3n) is 5.21. The lowest BCUT2D eigenvalue weighted by Crippen LogP contribution is -2.33. The molecule has 0 saturated carbocycles. The first-order chi connectivity index (χ1) is 15.3. The molecule has 6 heteroatoms. The van der Waals surface area contributed by atoms with Crippen LogP contribution in [0.15, 0.2) is 78.5 Å². The summed E-state index contributed by atoms with van der Waals surface area (Å²) in [6.07, 6.45) is 0. The fourth-order valence-corrected chi connectivity index (χ4v) is 3.78. The van der Waals surface area contributed by atoms with Crippen molar-refractivity contribution in [3.8, 4) is 0 Å². The monoisotopic (exact) mass is 425 g/mol. The lowest BCUT2D eigenvalue weighted by molar-refractivity contribution is -0.120. The maximum absolute atomic E-state index is 13.6. The largest absolute Gasteiger partial charge is 0.350 e. The summed E-state index contributed by atoms with van der Waals surface area (Å²) in [5, 5.41) is 5.85. The highest BCUT2D eigenvalue weighted by molar-refractivity contribution is 6.46. The number of carbonyl (C=O) groups is 3. The molecule has 3 aromatic carbocycles. The Morgan fingerprint density at radius 2 is 1.50 bits per heavy atom. The first-order valence-corrected chi connectivity index (χ1v) is 10.3. The number of carbonyl (C=O) groups excluding carboxylic acids is 3. The van der Waals surface area contributed by atoms with Crippen LogP contribution >= 0.6 is 0 Å². The highest BCUT2D eigenvalue weighted by Gasteiger charge is 2.40. The molecule has 3 aromatic rings. The number of anilines is 3. The minimum absolute atomic E-state index is 0.184. The molecular formula is C26H23N3O3. The molecule has 6 nitrogen and oxygen atoms in total. The number of amides is 3. The highest BCUT2D eigenvalue weighted by atomic mass is 16.2. The predicted molar refractivity (Wildman–Crippen MR) is 126 cm³/mol. The van der Waals surface area contributed by atoms with Crippen LogP contribution in [0, 0.1) is 13.8 Å². The molecule has 0 unspecified atom stereocenters. The Kier molecular flexibility index (Phi) is 5.60. The van der Waals surface area contributed by atoms with E-state index in [0.29, 0.717) is 22.6 Å². The van der Waals surface area contributed by atoms with Gasteiger partial charge in [0.25, 0.3) is 11.8 Å². The van der Waals surface area contributed by atoms with E-state index in [1.165, 1.54) is 11.8 Å². The fourth-order valence-electron chi connectivity index (χ4n) is 3.78. The van der Waals surface area contributed by atoms with Crippen molar-refractivity contribution in [3.63, 3.8) is 0 Å². The summed E-state index contributed by atoms with van der Waals surface area (Å²) in [4.78, 5) is 39.6. The zero-order chi connectivity index (χ0) is 22.8. The number of nitrogens with one attached hydrogen (secondary N) is 2. The van der Waals surface area contributed by atoms with Crippen molar-refractivity contribution in [2.24, 2.45) is 0 Å². The third kappa shape index (κ3) is 4.03. The number of hydrogen-bond acceptors (Lipinski definition) is 4. The number of aryl methyl sites for hydroxylation is 2. The summed E-state index contributed by atoms with van der Waals surface area (Å²) in [5.41, 5.74) is 4.86. The summed E-state index contributed by atoms with van der Waals surface area (Å²) in [6.45, 7) is 5.28. The smallest absolute Gasteiger partial charge is 0.282 e. The Morgan fingerprint density at radius 3 is 2.12 bits per heavy atom. The van der Waals surface area contributed by atoms with E-state index in [2.05, 4.69) is 10.6 Å². The molecule has 0 aliphatic carbocycles. The molecule has 0 bridgehead atoms. The number of para-hydroxylation sites is 1. The number of hydrogen-bond donors (Lipinski definition) is 2. The van der Waals surface area contributed by atoms with Crippen molar-refractivity contribution in [1.82, 2.24) is 0 Å². The number of imide groups is 1. The topological polar surface area (TPSA) is 78.5 Å². The maximum atomic E-state index is 13.6. The van der Waals surface area contributed by atoms with Crippen LogP contribution in [0.25, 0.3) is 5.57 Å². The molecule has 0 saturated heterocycles. The van der Waals surface area contributed by atoms with Gasteiger partial charge in [-0.25, -0.2) is 4.90 Å². The van der Waals surface area contributed by atoms with Gasteiger partial charge in [0.1, 0.15) is 5.70 Å². The minimum Gasteiger partial charge on any atom is -0.350 e. The molecule has 2 N–H and O–H groups in total. The number of benzene rings is 3. The van der Waals surface area contributed by atoms with Gasteiger partial charge in [0.2, 0.25) is 5.91 Å². The van der Waals surface area contributed by atoms with Crippen LogP contribution in [0.2, 0.25) is 0 Å². The van der Waals surface area contributed by atoms with Crippen LogP contribution in [-0.4, -0.2) is 17.7 Å². The van der Waals surface area contributed by atoms with Crippen molar-refractivity contribution < 1.29 is 14.4 Å². The van der Waals surface area contributed by atoms with Crippen molar-refractivity contribution in [2.75, 3.05) is 15.5 Å². The standard InChI is InChI=1S/C26H23N3O3/c1-16-9-14-22(17(2)15-16)29-25(31)23(19-10-12-21(13-11-19)27-18(3)30)24(26(29)32)28-20-7-5-4-6-8-20/h4-15,28H,1-3H3,(H,27,30). The molecular weight excluding hydrogens is 402 g/mol. The van der Waals surface area contributed by atoms with Gasteiger partial charge in [-0.1, -0.05) is 48.0 Å². The Hall–Kier alpha value is -4.19. The Balaban J connectivity index is 1.80. The van der Waals surface area contributed by atoms with Gasteiger partial charge in [0.05, 0.1) is 11.3 Å². The quantitative estimate of drug-likeness (QED) is 0.583. The number of nitrogens with zero attached hydrogens (tertiary/aromatic N) is 1. The van der Waals surface area contributed by atoms with E-state index in [-0.39, 0.29) is 17.2 Å². The van der Waals surface area contributed by atoms with Crippen molar-refractivity contribution >= 4 is 40.4 Å². The van der Waals surface area contributed by atoms with Gasteiger partial charge in [0.15, 0.2) is 0 Å². The van der Waals surface area contributed by atoms with Gasteiger partial charge in [-0.05, 0) is 55.3 Å². The first-order valence-electron chi connectivity index (χ1n) is 10.3. The van der Waals surface area contributed by atoms with Crippen LogP contribution in [0.5, 0.6) is 0 Å². The van der Waals surface area contributed by atoms with Gasteiger partial charge in [-0.3, -0.25) is 14.4 Å². The zero-order valence-electron chi connectivity index (χ0n) is 18.1. The first kappa shape index (κ1) is 21.1. The maximum Gasteiger partial charge on any atom is 0.282 e. The van der Waals surface area contributed by atoms with E-state index < -0.39 is 11.8 Å². The average Bonchev–Trinajstić information content (AvgIpc) is 2.99. The molecule has 0 spiro atoms. The molecule has 1 aliphatic rings. The fraction of sp³-hybridized carbons (Fsp3) is 0.115. The van der Waals surface area contributed by atoms with Crippen molar-refractivity contribution in [2.45, 2.75) is 20.8 Å². The average molecular weight is 425 g/mol. The van der Waals surface area contributed by atoms with E-state index in [4.69, 9.17) is 0 Å². The normalized spacial score (nSPS) is 13.5. The third-order valence-corrected chi connectivity index (χ3v) is 5.21. The van der Waals surface area contributed by atoms with Gasteiger partial charge < -0.3 is 10.6 Å². The second-order valence-corrected chi connectivity index (χ2v) is 7.74. The highest BCUT2D eigenvalue weighted by Crippen LogP contribution is 2.35. The van der Waals surface area contributed by atoms with Crippen LogP contribution in [-0.2, 0) is 14.4 Å². The van der Waals surface area contributed by atoms with Crippen LogP contribution in [0.1, 0.15) is 23.6 Å². The summed E-state index contributed by atoms with van der Waals surface area (Å²) >= 11 is 0. The van der Waals surface area contributed by atoms with Crippen molar-refractivity contribution in [1.29, 1.82) is 0 Å². The molecule has 160 valence electrons.